The van der Waals surface area contributed by atoms with Crippen LogP contribution in [0.5, 0.6) is 17.2 Å². The van der Waals surface area contributed by atoms with Gasteiger partial charge < -0.3 is 19.1 Å². The van der Waals surface area contributed by atoms with Crippen molar-refractivity contribution in [3.05, 3.63) is 89.5 Å². The highest BCUT2D eigenvalue weighted by Crippen LogP contribution is 2.51. The lowest BCUT2D eigenvalue weighted by molar-refractivity contribution is -0.176. The van der Waals surface area contributed by atoms with Crippen LogP contribution in [0.3, 0.4) is 0 Å². The lowest BCUT2D eigenvalue weighted by atomic mass is 9.69. The van der Waals surface area contributed by atoms with Gasteiger partial charge in [0.1, 0.15) is 22.8 Å². The van der Waals surface area contributed by atoms with Crippen LogP contribution in [-0.4, -0.2) is 37.7 Å². The summed E-state index contributed by atoms with van der Waals surface area (Å²) in [4.78, 5) is 15.4. The molecule has 2 aliphatic rings. The van der Waals surface area contributed by atoms with Crippen LogP contribution in [0.4, 0.5) is 0 Å². The molecule has 2 heterocycles. The average molecular weight is 415 g/mol. The molecule has 158 valence electrons. The summed E-state index contributed by atoms with van der Waals surface area (Å²) in [5.41, 5.74) is 2.79. The monoisotopic (exact) mass is 415 g/mol. The van der Waals surface area contributed by atoms with Crippen molar-refractivity contribution in [2.24, 2.45) is 0 Å². The smallest absolute Gasteiger partial charge is 0.268 e. The molecule has 1 fully saturated rings. The molecule has 0 aromatic heterocycles. The number of methoxy groups -OCH3 is 2. The third kappa shape index (κ3) is 2.95. The summed E-state index contributed by atoms with van der Waals surface area (Å²) in [5, 5.41) is 0. The molecule has 1 saturated heterocycles. The van der Waals surface area contributed by atoms with Crippen molar-refractivity contribution in [2.75, 3.05) is 20.8 Å². The van der Waals surface area contributed by atoms with Gasteiger partial charge in [-0.1, -0.05) is 54.6 Å². The van der Waals surface area contributed by atoms with Gasteiger partial charge in [0.2, 0.25) is 6.10 Å². The van der Waals surface area contributed by atoms with E-state index in [1.165, 1.54) is 5.56 Å². The second-order valence-electron chi connectivity index (χ2n) is 7.93. The molecule has 2 atom stereocenters. The Balaban J connectivity index is 1.67. The standard InChI is InChI=1S/C26H25NO4/c1-29-20-15-21(30-2)17-22(16-20)31-24-25(28)27-14-8-10-18-9-6-7-13-23(18)26(24,27)19-11-4-3-5-12-19/h3-7,9,11-13,15-17,24H,8,10,14H2,1-2H3. The van der Waals surface area contributed by atoms with Gasteiger partial charge in [-0.3, -0.25) is 4.79 Å². The van der Waals surface area contributed by atoms with E-state index in [2.05, 4.69) is 30.3 Å². The van der Waals surface area contributed by atoms with Gasteiger partial charge in [0.25, 0.3) is 5.91 Å². The molecule has 3 aromatic rings. The Hall–Kier alpha value is -3.47. The number of hydrogen-bond donors (Lipinski definition) is 0. The Kier molecular flexibility index (Phi) is 4.81. The van der Waals surface area contributed by atoms with Crippen molar-refractivity contribution in [1.82, 2.24) is 4.90 Å². The molecular weight excluding hydrogens is 390 g/mol. The number of rotatable bonds is 5. The van der Waals surface area contributed by atoms with Crippen molar-refractivity contribution in [2.45, 2.75) is 24.5 Å². The minimum atomic E-state index is -0.675. The molecule has 0 aliphatic carbocycles. The largest absolute Gasteiger partial charge is 0.496 e. The predicted molar refractivity (Wildman–Crippen MR) is 118 cm³/mol. The average Bonchev–Trinajstić information content (AvgIpc) is 2.98. The summed E-state index contributed by atoms with van der Waals surface area (Å²) in [5.74, 6) is 1.79. The maximum atomic E-state index is 13.4. The van der Waals surface area contributed by atoms with E-state index in [1.54, 1.807) is 32.4 Å². The number of nitrogens with zero attached hydrogens (tertiary/aromatic N) is 1. The van der Waals surface area contributed by atoms with E-state index in [4.69, 9.17) is 14.2 Å². The molecule has 0 spiro atoms. The Bertz CT molecular complexity index is 1090. The fourth-order valence-corrected chi connectivity index (χ4v) is 4.96. The zero-order valence-electron chi connectivity index (χ0n) is 17.7. The first-order chi connectivity index (χ1) is 15.2. The second kappa shape index (κ2) is 7.65. The Labute approximate surface area is 182 Å². The highest BCUT2D eigenvalue weighted by Gasteiger charge is 2.64. The van der Waals surface area contributed by atoms with Gasteiger partial charge in [0.05, 0.1) is 14.2 Å². The van der Waals surface area contributed by atoms with Gasteiger partial charge >= 0.3 is 0 Å². The van der Waals surface area contributed by atoms with Crippen LogP contribution in [0.15, 0.2) is 72.8 Å². The van der Waals surface area contributed by atoms with Crippen molar-refractivity contribution in [3.8, 4) is 17.2 Å². The molecule has 2 unspecified atom stereocenters. The predicted octanol–water partition coefficient (Wildman–Crippen LogP) is 4.18. The summed E-state index contributed by atoms with van der Waals surface area (Å²) in [6.07, 6.45) is 1.19. The maximum absolute atomic E-state index is 13.4. The number of carbonyl (C=O) groups is 1. The second-order valence-corrected chi connectivity index (χ2v) is 7.93. The molecule has 5 rings (SSSR count). The van der Waals surface area contributed by atoms with Crippen LogP contribution in [0.1, 0.15) is 23.1 Å². The summed E-state index contributed by atoms with van der Waals surface area (Å²) in [7, 11) is 3.20. The summed E-state index contributed by atoms with van der Waals surface area (Å²) < 4.78 is 17.2. The third-order valence-electron chi connectivity index (χ3n) is 6.34. The van der Waals surface area contributed by atoms with E-state index in [-0.39, 0.29) is 5.91 Å². The molecule has 2 aliphatic heterocycles. The van der Waals surface area contributed by atoms with Crippen LogP contribution in [-0.2, 0) is 16.8 Å². The lowest BCUT2D eigenvalue weighted by Gasteiger charge is -2.57. The molecule has 3 aromatic carbocycles. The lowest BCUT2D eigenvalue weighted by Crippen LogP contribution is -2.74. The molecule has 0 bridgehead atoms. The molecule has 1 amide bonds. The fraction of sp³-hybridized carbons (Fsp3) is 0.269. The van der Waals surface area contributed by atoms with Crippen molar-refractivity contribution in [3.63, 3.8) is 0 Å². The first-order valence-corrected chi connectivity index (χ1v) is 10.5. The van der Waals surface area contributed by atoms with Crippen LogP contribution in [0, 0.1) is 0 Å². The van der Waals surface area contributed by atoms with Gasteiger partial charge in [-0.25, -0.2) is 0 Å². The van der Waals surface area contributed by atoms with E-state index < -0.39 is 11.6 Å². The third-order valence-corrected chi connectivity index (χ3v) is 6.34. The van der Waals surface area contributed by atoms with E-state index in [1.807, 2.05) is 29.2 Å². The first kappa shape index (κ1) is 19.5. The quantitative estimate of drug-likeness (QED) is 0.587. The summed E-state index contributed by atoms with van der Waals surface area (Å²) in [6.45, 7) is 0.698. The van der Waals surface area contributed by atoms with E-state index >= 15 is 0 Å². The highest BCUT2D eigenvalue weighted by molar-refractivity contribution is 5.93. The van der Waals surface area contributed by atoms with Crippen molar-refractivity contribution < 1.29 is 19.0 Å². The molecule has 5 heteroatoms. The van der Waals surface area contributed by atoms with Crippen LogP contribution in [0.2, 0.25) is 0 Å². The number of fused-ring (bicyclic) bond motifs is 3. The van der Waals surface area contributed by atoms with E-state index in [9.17, 15) is 4.79 Å². The maximum Gasteiger partial charge on any atom is 0.268 e. The molecular formula is C26H25NO4. The van der Waals surface area contributed by atoms with Gasteiger partial charge in [-0.2, -0.15) is 0 Å². The summed E-state index contributed by atoms with van der Waals surface area (Å²) in [6, 6.07) is 24.0. The number of ether oxygens (including phenoxy) is 3. The van der Waals surface area contributed by atoms with Crippen LogP contribution >= 0.6 is 0 Å². The highest BCUT2D eigenvalue weighted by atomic mass is 16.5. The minimum absolute atomic E-state index is 0.00217. The van der Waals surface area contributed by atoms with Crippen molar-refractivity contribution >= 4 is 5.91 Å². The summed E-state index contributed by atoms with van der Waals surface area (Å²) >= 11 is 0. The number of carbonyl (C=O) groups excluding carboxylic acids is 1. The van der Waals surface area contributed by atoms with Gasteiger partial charge in [-0.05, 0) is 29.5 Å². The molecule has 0 radical (unpaired) electrons. The Morgan fingerprint density at radius 1 is 0.871 bits per heavy atom. The van der Waals surface area contributed by atoms with Crippen molar-refractivity contribution in [1.29, 1.82) is 0 Å². The van der Waals surface area contributed by atoms with Crippen LogP contribution < -0.4 is 14.2 Å². The normalized spacial score (nSPS) is 21.9. The first-order valence-electron chi connectivity index (χ1n) is 10.5. The SMILES string of the molecule is COc1cc(OC)cc(OC2C(=O)N3CCCc4ccccc4C23c2ccccc2)c1. The van der Waals surface area contributed by atoms with E-state index in [0.717, 1.165) is 24.0 Å². The molecule has 0 saturated carbocycles. The number of amides is 1. The topological polar surface area (TPSA) is 48.0 Å². The van der Waals surface area contributed by atoms with E-state index in [0.29, 0.717) is 23.8 Å². The van der Waals surface area contributed by atoms with Gasteiger partial charge in [-0.15, -0.1) is 0 Å². The van der Waals surface area contributed by atoms with Gasteiger partial charge in [0, 0.05) is 24.7 Å². The minimum Gasteiger partial charge on any atom is -0.496 e. The number of benzene rings is 3. The van der Waals surface area contributed by atoms with Gasteiger partial charge in [0.15, 0.2) is 0 Å². The Morgan fingerprint density at radius 3 is 2.23 bits per heavy atom. The number of β-lactam (4-membered cyclic amide) rings is 1. The number of aryl methyl sites for hydroxylation is 1. The Morgan fingerprint density at radius 2 is 1.52 bits per heavy atom. The zero-order chi connectivity index (χ0) is 21.4. The fourth-order valence-electron chi connectivity index (χ4n) is 4.96. The molecule has 31 heavy (non-hydrogen) atoms. The van der Waals surface area contributed by atoms with Crippen LogP contribution in [0.25, 0.3) is 0 Å². The zero-order valence-corrected chi connectivity index (χ0v) is 17.7. The molecule has 5 nitrogen and oxygen atoms in total. The molecule has 0 N–H and O–H groups in total. The number of hydrogen-bond acceptors (Lipinski definition) is 4.